The fraction of sp³-hybridized carbons (Fsp3) is 0.471. The first kappa shape index (κ1) is 30.2. The van der Waals surface area contributed by atoms with Gasteiger partial charge in [0.2, 0.25) is 0 Å². The normalized spacial score (nSPS) is 20.1. The number of nitrogens with zero attached hydrogens (tertiary/aromatic N) is 1. The Balaban J connectivity index is 1.14. The van der Waals surface area contributed by atoms with Gasteiger partial charge in [-0.1, -0.05) is 36.4 Å². The van der Waals surface area contributed by atoms with Crippen molar-refractivity contribution < 1.29 is 28.8 Å². The first-order chi connectivity index (χ1) is 20.6. The minimum Gasteiger partial charge on any atom is -0.493 e. The number of aliphatic hydroxyl groups is 1. The SMILES string of the molecule is COCCCN1CCOc2ccc(CO[C@H]3CNC[C@@H](O)[C@@H]3c3ccc(OCCCOc4ccccc4C)cc3)cc21. The van der Waals surface area contributed by atoms with Gasteiger partial charge < -0.3 is 39.0 Å². The second kappa shape index (κ2) is 15.3. The highest BCUT2D eigenvalue weighted by atomic mass is 16.5. The predicted octanol–water partition coefficient (Wildman–Crippen LogP) is 4.71. The maximum Gasteiger partial charge on any atom is 0.142 e. The summed E-state index contributed by atoms with van der Waals surface area (Å²) in [6.45, 7) is 8.12. The van der Waals surface area contributed by atoms with Crippen LogP contribution in [-0.4, -0.2) is 77.0 Å². The highest BCUT2D eigenvalue weighted by Crippen LogP contribution is 2.34. The maximum atomic E-state index is 10.9. The predicted molar refractivity (Wildman–Crippen MR) is 164 cm³/mol. The van der Waals surface area contributed by atoms with Gasteiger partial charge in [0, 0.05) is 45.7 Å². The van der Waals surface area contributed by atoms with Crippen molar-refractivity contribution in [2.75, 3.05) is 64.6 Å². The van der Waals surface area contributed by atoms with E-state index < -0.39 is 6.10 Å². The van der Waals surface area contributed by atoms with E-state index in [-0.39, 0.29) is 12.0 Å². The van der Waals surface area contributed by atoms with Crippen LogP contribution in [0.4, 0.5) is 5.69 Å². The first-order valence-electron chi connectivity index (χ1n) is 15.0. The topological polar surface area (TPSA) is 81.7 Å². The third kappa shape index (κ3) is 7.95. The molecule has 0 bridgehead atoms. The molecular formula is C34H44N2O6. The van der Waals surface area contributed by atoms with E-state index in [1.807, 2.05) is 61.5 Å². The Morgan fingerprint density at radius 1 is 0.952 bits per heavy atom. The Kier molecular flexibility index (Phi) is 11.0. The number of para-hydroxylation sites is 1. The summed E-state index contributed by atoms with van der Waals surface area (Å²) in [5.74, 6) is 2.51. The summed E-state index contributed by atoms with van der Waals surface area (Å²) in [6, 6.07) is 22.3. The van der Waals surface area contributed by atoms with E-state index >= 15 is 0 Å². The number of methoxy groups -OCH3 is 1. The van der Waals surface area contributed by atoms with E-state index in [0.717, 1.165) is 72.2 Å². The molecule has 2 aliphatic rings. The molecule has 42 heavy (non-hydrogen) atoms. The molecule has 0 unspecified atom stereocenters. The smallest absolute Gasteiger partial charge is 0.142 e. The van der Waals surface area contributed by atoms with Gasteiger partial charge in [0.1, 0.15) is 23.9 Å². The van der Waals surface area contributed by atoms with Crippen LogP contribution in [0.3, 0.4) is 0 Å². The Morgan fingerprint density at radius 3 is 2.62 bits per heavy atom. The lowest BCUT2D eigenvalue weighted by molar-refractivity contribution is -0.0328. The van der Waals surface area contributed by atoms with Crippen molar-refractivity contribution in [2.45, 2.75) is 44.5 Å². The number of aliphatic hydroxyl groups excluding tert-OH is 1. The average Bonchev–Trinajstić information content (AvgIpc) is 3.01. The number of nitrogens with one attached hydrogen (secondary N) is 1. The third-order valence-electron chi connectivity index (χ3n) is 7.91. The lowest BCUT2D eigenvalue weighted by atomic mass is 9.85. The summed E-state index contributed by atoms with van der Waals surface area (Å²) in [5.41, 5.74) is 4.38. The van der Waals surface area contributed by atoms with Crippen LogP contribution in [0.5, 0.6) is 17.2 Å². The molecule has 0 spiro atoms. The van der Waals surface area contributed by atoms with Gasteiger partial charge in [-0.2, -0.15) is 0 Å². The van der Waals surface area contributed by atoms with Gasteiger partial charge >= 0.3 is 0 Å². The molecule has 3 aromatic rings. The fourth-order valence-electron chi connectivity index (χ4n) is 5.65. The Hall–Kier alpha value is -3.30. The van der Waals surface area contributed by atoms with Crippen LogP contribution in [-0.2, 0) is 16.1 Å². The van der Waals surface area contributed by atoms with Crippen molar-refractivity contribution >= 4 is 5.69 Å². The molecule has 8 heteroatoms. The largest absolute Gasteiger partial charge is 0.493 e. The Labute approximate surface area is 249 Å². The number of hydrogen-bond donors (Lipinski definition) is 2. The molecule has 3 atom stereocenters. The summed E-state index contributed by atoms with van der Waals surface area (Å²) in [7, 11) is 1.74. The van der Waals surface area contributed by atoms with Crippen LogP contribution in [0.2, 0.25) is 0 Å². The van der Waals surface area contributed by atoms with Crippen molar-refractivity contribution in [3.63, 3.8) is 0 Å². The van der Waals surface area contributed by atoms with Gasteiger partial charge in [-0.3, -0.25) is 0 Å². The minimum absolute atomic E-state index is 0.130. The van der Waals surface area contributed by atoms with Crippen LogP contribution in [0.1, 0.15) is 35.4 Å². The zero-order chi connectivity index (χ0) is 29.1. The molecule has 1 fully saturated rings. The molecule has 0 saturated carbocycles. The van der Waals surface area contributed by atoms with E-state index in [0.29, 0.717) is 39.5 Å². The van der Waals surface area contributed by atoms with Crippen molar-refractivity contribution in [2.24, 2.45) is 0 Å². The molecule has 1 saturated heterocycles. The van der Waals surface area contributed by atoms with Crippen LogP contribution in [0, 0.1) is 6.92 Å². The third-order valence-corrected chi connectivity index (χ3v) is 7.91. The molecule has 0 radical (unpaired) electrons. The molecule has 226 valence electrons. The highest BCUT2D eigenvalue weighted by Gasteiger charge is 2.34. The molecule has 0 aliphatic carbocycles. The Morgan fingerprint density at radius 2 is 1.79 bits per heavy atom. The molecule has 0 aromatic heterocycles. The minimum atomic E-state index is -0.540. The van der Waals surface area contributed by atoms with Gasteiger partial charge in [0.25, 0.3) is 0 Å². The average molecular weight is 577 g/mol. The zero-order valence-corrected chi connectivity index (χ0v) is 24.8. The number of ether oxygens (including phenoxy) is 5. The van der Waals surface area contributed by atoms with Crippen molar-refractivity contribution in [1.82, 2.24) is 5.32 Å². The molecule has 8 nitrogen and oxygen atoms in total. The van der Waals surface area contributed by atoms with Gasteiger partial charge in [0.15, 0.2) is 0 Å². The number of benzene rings is 3. The maximum absolute atomic E-state index is 10.9. The van der Waals surface area contributed by atoms with Crippen molar-refractivity contribution in [1.29, 1.82) is 0 Å². The van der Waals surface area contributed by atoms with E-state index in [9.17, 15) is 5.11 Å². The number of rotatable bonds is 14. The van der Waals surface area contributed by atoms with Crippen molar-refractivity contribution in [3.8, 4) is 17.2 Å². The van der Waals surface area contributed by atoms with E-state index in [1.165, 1.54) is 0 Å². The van der Waals surface area contributed by atoms with Gasteiger partial charge in [-0.15, -0.1) is 0 Å². The molecular weight excluding hydrogens is 532 g/mol. The molecule has 2 N–H and O–H groups in total. The first-order valence-corrected chi connectivity index (χ1v) is 15.0. The highest BCUT2D eigenvalue weighted by molar-refractivity contribution is 5.61. The second-order valence-electron chi connectivity index (χ2n) is 11.0. The van der Waals surface area contributed by atoms with E-state index in [2.05, 4.69) is 22.3 Å². The number of hydrogen-bond acceptors (Lipinski definition) is 8. The second-order valence-corrected chi connectivity index (χ2v) is 11.0. The monoisotopic (exact) mass is 576 g/mol. The standard InChI is InChI=1S/C34H44N2O6/c1-25-7-3-4-8-31(25)40-19-6-18-39-28-12-10-27(11-13-28)34-30(37)22-35-23-33(34)42-24-26-9-14-32-29(21-26)36(16-20-41-32)15-5-17-38-2/h3-4,7-14,21,30,33-35,37H,5-6,15-20,22-24H2,1-2H3/t30-,33+,34+/m1/s1. The quantitative estimate of drug-likeness (QED) is 0.267. The van der Waals surface area contributed by atoms with Gasteiger partial charge in [-0.25, -0.2) is 0 Å². The lowest BCUT2D eigenvalue weighted by Gasteiger charge is -2.36. The van der Waals surface area contributed by atoms with Gasteiger partial charge in [-0.05, 0) is 60.4 Å². The van der Waals surface area contributed by atoms with Gasteiger partial charge in [0.05, 0.1) is 44.3 Å². The molecule has 2 heterocycles. The number of piperidine rings is 1. The Bertz CT molecular complexity index is 1250. The van der Waals surface area contributed by atoms with E-state index in [1.54, 1.807) is 7.11 Å². The summed E-state index contributed by atoms with van der Waals surface area (Å²) >= 11 is 0. The lowest BCUT2D eigenvalue weighted by Crippen LogP contribution is -2.49. The summed E-state index contributed by atoms with van der Waals surface area (Å²) < 4.78 is 29.4. The molecule has 5 rings (SSSR count). The molecule has 3 aromatic carbocycles. The summed E-state index contributed by atoms with van der Waals surface area (Å²) in [4.78, 5) is 2.36. The van der Waals surface area contributed by atoms with Crippen molar-refractivity contribution in [3.05, 3.63) is 83.4 Å². The molecule has 0 amide bonds. The number of anilines is 1. The van der Waals surface area contributed by atoms with Crippen LogP contribution in [0.15, 0.2) is 66.7 Å². The number of fused-ring (bicyclic) bond motifs is 1. The van der Waals surface area contributed by atoms with Crippen LogP contribution < -0.4 is 24.4 Å². The number of β-amino-alcohol motifs (C(OH)–C–C–N with tert-alkyl or cyclic N) is 1. The van der Waals surface area contributed by atoms with Crippen LogP contribution in [0.25, 0.3) is 0 Å². The zero-order valence-electron chi connectivity index (χ0n) is 24.8. The van der Waals surface area contributed by atoms with E-state index in [4.69, 9.17) is 23.7 Å². The summed E-state index contributed by atoms with van der Waals surface area (Å²) in [6.07, 6.45) is 1.06. The summed E-state index contributed by atoms with van der Waals surface area (Å²) in [5, 5.41) is 14.3. The van der Waals surface area contributed by atoms with Crippen LogP contribution >= 0.6 is 0 Å². The number of aryl methyl sites for hydroxylation is 1. The molecule has 2 aliphatic heterocycles. The fourth-order valence-corrected chi connectivity index (χ4v) is 5.65.